The lowest BCUT2D eigenvalue weighted by atomic mass is 9.99. The van der Waals surface area contributed by atoms with E-state index in [0.717, 1.165) is 12.0 Å². The van der Waals surface area contributed by atoms with E-state index < -0.39 is 12.0 Å². The van der Waals surface area contributed by atoms with Gasteiger partial charge in [0.2, 0.25) is 5.91 Å². The first kappa shape index (κ1) is 16.2. The topological polar surface area (TPSA) is 81.4 Å². The minimum Gasteiger partial charge on any atom is -0.465 e. The highest BCUT2D eigenvalue weighted by Gasteiger charge is 2.21. The molecule has 1 amide bonds. The van der Waals surface area contributed by atoms with Crippen LogP contribution in [0.1, 0.15) is 36.2 Å². The first-order valence-corrected chi connectivity index (χ1v) is 6.66. The Morgan fingerprint density at radius 3 is 2.60 bits per heavy atom. The first-order valence-electron chi connectivity index (χ1n) is 6.66. The molecule has 1 rings (SSSR count). The lowest BCUT2D eigenvalue weighted by Gasteiger charge is -2.18. The summed E-state index contributed by atoms with van der Waals surface area (Å²) in [4.78, 5) is 23.8. The molecule has 1 aromatic carbocycles. The summed E-state index contributed by atoms with van der Waals surface area (Å²) < 4.78 is 4.72. The van der Waals surface area contributed by atoms with Gasteiger partial charge in [-0.1, -0.05) is 31.9 Å². The molecule has 0 bridgehead atoms. The number of ether oxygens (including phenoxy) is 1. The lowest BCUT2D eigenvalue weighted by Crippen LogP contribution is -2.40. The fraction of sp³-hybridized carbons (Fsp3) is 0.467. The zero-order valence-electron chi connectivity index (χ0n) is 12.4. The molecule has 5 nitrogen and oxygen atoms in total. The molecule has 0 radical (unpaired) electrons. The van der Waals surface area contributed by atoms with E-state index in [1.165, 1.54) is 7.11 Å². The van der Waals surface area contributed by atoms with Crippen molar-refractivity contribution < 1.29 is 14.3 Å². The summed E-state index contributed by atoms with van der Waals surface area (Å²) in [7, 11) is 1.31. The summed E-state index contributed by atoms with van der Waals surface area (Å²) in [6.07, 6.45) is 0.812. The van der Waals surface area contributed by atoms with E-state index in [1.54, 1.807) is 12.1 Å². The number of esters is 1. The van der Waals surface area contributed by atoms with Gasteiger partial charge in [-0.05, 0) is 25.0 Å². The van der Waals surface area contributed by atoms with E-state index in [1.807, 2.05) is 26.8 Å². The van der Waals surface area contributed by atoms with Crippen molar-refractivity contribution in [3.8, 4) is 0 Å². The van der Waals surface area contributed by atoms with Gasteiger partial charge in [0.25, 0.3) is 0 Å². The summed E-state index contributed by atoms with van der Waals surface area (Å²) in [5, 5.41) is 2.70. The third-order valence-electron chi connectivity index (χ3n) is 3.40. The molecule has 2 atom stereocenters. The van der Waals surface area contributed by atoms with Gasteiger partial charge in [-0.2, -0.15) is 0 Å². The number of carbonyl (C=O) groups excluding carboxylic acids is 2. The summed E-state index contributed by atoms with van der Waals surface area (Å²) in [5.41, 5.74) is 7.54. The third-order valence-corrected chi connectivity index (χ3v) is 3.40. The van der Waals surface area contributed by atoms with Crippen molar-refractivity contribution in [3.05, 3.63) is 29.3 Å². The molecule has 1 unspecified atom stereocenters. The molecule has 1 aromatic rings. The van der Waals surface area contributed by atoms with Crippen LogP contribution in [-0.4, -0.2) is 25.0 Å². The van der Waals surface area contributed by atoms with Crippen molar-refractivity contribution in [2.75, 3.05) is 12.4 Å². The van der Waals surface area contributed by atoms with Gasteiger partial charge in [0.15, 0.2) is 0 Å². The maximum Gasteiger partial charge on any atom is 0.339 e. The molecule has 0 aliphatic heterocycles. The van der Waals surface area contributed by atoms with E-state index in [4.69, 9.17) is 10.5 Å². The fourth-order valence-electron chi connectivity index (χ4n) is 1.77. The standard InChI is InChI=1S/C15H22N2O3/c1-5-10(3)13(16)14(18)17-12-7-6-9(2)8-11(12)15(19)20-4/h6-8,10,13H,5,16H2,1-4H3,(H,17,18)/t10?,13-/m0/s1. The Morgan fingerprint density at radius 1 is 1.40 bits per heavy atom. The van der Waals surface area contributed by atoms with Crippen molar-refractivity contribution >= 4 is 17.6 Å². The molecule has 0 spiro atoms. The van der Waals surface area contributed by atoms with Crippen molar-refractivity contribution in [1.82, 2.24) is 0 Å². The Kier molecular flexibility index (Phi) is 5.70. The zero-order valence-corrected chi connectivity index (χ0v) is 12.4. The molecule has 0 saturated carbocycles. The van der Waals surface area contributed by atoms with Crippen LogP contribution in [0.5, 0.6) is 0 Å². The maximum atomic E-state index is 12.1. The Morgan fingerprint density at radius 2 is 2.05 bits per heavy atom. The average molecular weight is 278 g/mol. The van der Waals surface area contributed by atoms with Crippen molar-refractivity contribution in [3.63, 3.8) is 0 Å². The molecule has 0 aliphatic rings. The Labute approximate surface area is 119 Å². The SMILES string of the molecule is CCC(C)[C@H](N)C(=O)Nc1ccc(C)cc1C(=O)OC. The number of aryl methyl sites for hydroxylation is 1. The van der Waals surface area contributed by atoms with Crippen LogP contribution in [0.2, 0.25) is 0 Å². The van der Waals surface area contributed by atoms with Gasteiger partial charge in [0.05, 0.1) is 24.4 Å². The number of anilines is 1. The number of nitrogens with one attached hydrogen (secondary N) is 1. The molecule has 0 saturated heterocycles. The predicted molar refractivity (Wildman–Crippen MR) is 78.6 cm³/mol. The minimum atomic E-state index is -0.605. The predicted octanol–water partition coefficient (Wildman–Crippen LogP) is 2.09. The van der Waals surface area contributed by atoms with Gasteiger partial charge in [0.1, 0.15) is 0 Å². The third kappa shape index (κ3) is 3.81. The number of carbonyl (C=O) groups is 2. The smallest absolute Gasteiger partial charge is 0.339 e. The quantitative estimate of drug-likeness (QED) is 0.808. The van der Waals surface area contributed by atoms with Crippen molar-refractivity contribution in [1.29, 1.82) is 0 Å². The Balaban J connectivity index is 2.97. The molecule has 3 N–H and O–H groups in total. The van der Waals surface area contributed by atoms with Gasteiger partial charge in [-0.15, -0.1) is 0 Å². The average Bonchev–Trinajstić information content (AvgIpc) is 2.46. The van der Waals surface area contributed by atoms with Crippen LogP contribution in [0.4, 0.5) is 5.69 Å². The van der Waals surface area contributed by atoms with Crippen LogP contribution in [0, 0.1) is 12.8 Å². The molecular weight excluding hydrogens is 256 g/mol. The number of rotatable bonds is 5. The van der Waals surface area contributed by atoms with Crippen LogP contribution in [0.25, 0.3) is 0 Å². The summed E-state index contributed by atoms with van der Waals surface area (Å²) in [5.74, 6) is -0.712. The molecule has 5 heteroatoms. The van der Waals surface area contributed by atoms with Gasteiger partial charge in [0, 0.05) is 0 Å². The van der Waals surface area contributed by atoms with E-state index in [0.29, 0.717) is 11.3 Å². The maximum absolute atomic E-state index is 12.1. The van der Waals surface area contributed by atoms with E-state index in [-0.39, 0.29) is 11.8 Å². The number of amides is 1. The van der Waals surface area contributed by atoms with E-state index in [2.05, 4.69) is 5.32 Å². The number of nitrogens with two attached hydrogens (primary N) is 1. The highest BCUT2D eigenvalue weighted by Crippen LogP contribution is 2.19. The van der Waals surface area contributed by atoms with Gasteiger partial charge >= 0.3 is 5.97 Å². The van der Waals surface area contributed by atoms with Crippen LogP contribution < -0.4 is 11.1 Å². The summed E-state index contributed by atoms with van der Waals surface area (Å²) in [6, 6.07) is 4.57. The second-order valence-corrected chi connectivity index (χ2v) is 4.94. The molecule has 110 valence electrons. The Bertz CT molecular complexity index is 500. The normalized spacial score (nSPS) is 13.4. The van der Waals surface area contributed by atoms with Gasteiger partial charge in [-0.25, -0.2) is 4.79 Å². The number of hydrogen-bond acceptors (Lipinski definition) is 4. The molecule has 0 aromatic heterocycles. The second-order valence-electron chi connectivity index (χ2n) is 4.94. The molecular formula is C15H22N2O3. The van der Waals surface area contributed by atoms with Crippen LogP contribution >= 0.6 is 0 Å². The van der Waals surface area contributed by atoms with E-state index in [9.17, 15) is 9.59 Å². The highest BCUT2D eigenvalue weighted by molar-refractivity contribution is 6.02. The molecule has 0 fully saturated rings. The fourth-order valence-corrected chi connectivity index (χ4v) is 1.77. The number of hydrogen-bond donors (Lipinski definition) is 2. The summed E-state index contributed by atoms with van der Waals surface area (Å²) in [6.45, 7) is 5.76. The van der Waals surface area contributed by atoms with Crippen molar-refractivity contribution in [2.45, 2.75) is 33.2 Å². The van der Waals surface area contributed by atoms with Crippen LogP contribution in [-0.2, 0) is 9.53 Å². The van der Waals surface area contributed by atoms with Gasteiger partial charge < -0.3 is 15.8 Å². The monoisotopic (exact) mass is 278 g/mol. The Hall–Kier alpha value is -1.88. The van der Waals surface area contributed by atoms with Crippen molar-refractivity contribution in [2.24, 2.45) is 11.7 Å². The second kappa shape index (κ2) is 7.05. The molecule has 20 heavy (non-hydrogen) atoms. The number of benzene rings is 1. The van der Waals surface area contributed by atoms with Crippen LogP contribution in [0.3, 0.4) is 0 Å². The number of methoxy groups -OCH3 is 1. The molecule has 0 heterocycles. The van der Waals surface area contributed by atoms with Crippen LogP contribution in [0.15, 0.2) is 18.2 Å². The molecule has 0 aliphatic carbocycles. The minimum absolute atomic E-state index is 0.0713. The first-order chi connectivity index (χ1) is 9.40. The zero-order chi connectivity index (χ0) is 15.3. The lowest BCUT2D eigenvalue weighted by molar-refractivity contribution is -0.118. The van der Waals surface area contributed by atoms with E-state index >= 15 is 0 Å². The largest absolute Gasteiger partial charge is 0.465 e. The summed E-state index contributed by atoms with van der Waals surface area (Å²) >= 11 is 0. The highest BCUT2D eigenvalue weighted by atomic mass is 16.5. The van der Waals surface area contributed by atoms with Gasteiger partial charge in [-0.3, -0.25) is 4.79 Å².